The number of Topliss-reactive ketones (excluding diaryl/α,β-unsaturated/α-hetero) is 1. The SMILES string of the molecule is COc1ccccc1[C@@H]1N=C(Nc2nc3ccccc3o2)NC2=C1C(=O)CC(C)(C)C2. The van der Waals surface area contributed by atoms with E-state index in [-0.39, 0.29) is 11.2 Å². The van der Waals surface area contributed by atoms with Crippen LogP contribution in [-0.4, -0.2) is 23.8 Å². The zero-order valence-electron chi connectivity index (χ0n) is 17.7. The number of ether oxygens (including phenoxy) is 1. The lowest BCUT2D eigenvalue weighted by atomic mass is 9.73. The zero-order chi connectivity index (χ0) is 21.6. The number of aliphatic imine (C=N–C) groups is 1. The first-order valence-corrected chi connectivity index (χ1v) is 10.3. The molecule has 7 nitrogen and oxygen atoms in total. The Bertz CT molecular complexity index is 1210. The van der Waals surface area contributed by atoms with Crippen molar-refractivity contribution in [2.45, 2.75) is 32.7 Å². The van der Waals surface area contributed by atoms with Gasteiger partial charge in [-0.3, -0.25) is 10.1 Å². The molecule has 0 saturated heterocycles. The molecule has 3 aromatic rings. The highest BCUT2D eigenvalue weighted by Gasteiger charge is 2.40. The van der Waals surface area contributed by atoms with Gasteiger partial charge in [0, 0.05) is 23.3 Å². The number of anilines is 1. The highest BCUT2D eigenvalue weighted by molar-refractivity contribution is 6.03. The number of aromatic nitrogens is 1. The maximum Gasteiger partial charge on any atom is 0.302 e. The molecule has 7 heteroatoms. The fourth-order valence-electron chi connectivity index (χ4n) is 4.34. The van der Waals surface area contributed by atoms with Gasteiger partial charge >= 0.3 is 6.01 Å². The molecular weight excluding hydrogens is 392 g/mol. The molecule has 1 aromatic heterocycles. The molecule has 0 radical (unpaired) electrons. The number of carbonyl (C=O) groups is 1. The van der Waals surface area contributed by atoms with E-state index in [1.807, 2.05) is 48.5 Å². The summed E-state index contributed by atoms with van der Waals surface area (Å²) in [5.74, 6) is 1.30. The molecule has 0 fully saturated rings. The summed E-state index contributed by atoms with van der Waals surface area (Å²) in [5.41, 5.74) is 3.75. The lowest BCUT2D eigenvalue weighted by Gasteiger charge is -2.37. The quantitative estimate of drug-likeness (QED) is 0.649. The molecule has 0 amide bonds. The van der Waals surface area contributed by atoms with E-state index in [0.717, 1.165) is 23.2 Å². The van der Waals surface area contributed by atoms with Crippen LogP contribution in [0.15, 0.2) is 69.2 Å². The van der Waals surface area contributed by atoms with E-state index in [1.165, 1.54) is 0 Å². The molecule has 2 aliphatic rings. The van der Waals surface area contributed by atoms with Crippen molar-refractivity contribution in [2.24, 2.45) is 10.4 Å². The minimum absolute atomic E-state index is 0.110. The fraction of sp³-hybridized carbons (Fsp3) is 0.292. The number of guanidine groups is 1. The molecule has 5 rings (SSSR count). The van der Waals surface area contributed by atoms with Crippen molar-refractivity contribution in [1.29, 1.82) is 0 Å². The molecule has 158 valence electrons. The molecule has 2 N–H and O–H groups in total. The molecule has 2 aromatic carbocycles. The number of ketones is 1. The van der Waals surface area contributed by atoms with Gasteiger partial charge in [-0.1, -0.05) is 44.2 Å². The molecule has 0 unspecified atom stereocenters. The van der Waals surface area contributed by atoms with Gasteiger partial charge in [0.25, 0.3) is 0 Å². The maximum atomic E-state index is 13.2. The van der Waals surface area contributed by atoms with Crippen LogP contribution >= 0.6 is 0 Å². The predicted octanol–water partition coefficient (Wildman–Crippen LogP) is 4.59. The lowest BCUT2D eigenvalue weighted by Crippen LogP contribution is -2.42. The first-order chi connectivity index (χ1) is 14.9. The van der Waals surface area contributed by atoms with Crippen molar-refractivity contribution in [3.8, 4) is 5.75 Å². The number of carbonyl (C=O) groups excluding carboxylic acids is 1. The normalized spacial score (nSPS) is 20.2. The third-order valence-corrected chi connectivity index (χ3v) is 5.67. The Balaban J connectivity index is 1.57. The number of fused-ring (bicyclic) bond motifs is 1. The van der Waals surface area contributed by atoms with Crippen molar-refractivity contribution >= 4 is 28.9 Å². The van der Waals surface area contributed by atoms with Crippen LogP contribution in [0.5, 0.6) is 5.75 Å². The Morgan fingerprint density at radius 1 is 1.13 bits per heavy atom. The van der Waals surface area contributed by atoms with E-state index in [2.05, 4.69) is 29.5 Å². The number of benzene rings is 2. The van der Waals surface area contributed by atoms with Crippen LogP contribution in [0.25, 0.3) is 11.1 Å². The topological polar surface area (TPSA) is 88.8 Å². The largest absolute Gasteiger partial charge is 0.496 e. The minimum Gasteiger partial charge on any atom is -0.496 e. The van der Waals surface area contributed by atoms with Gasteiger partial charge in [0.05, 0.1) is 7.11 Å². The molecule has 0 bridgehead atoms. The molecule has 2 heterocycles. The third kappa shape index (κ3) is 3.56. The average Bonchev–Trinajstić information content (AvgIpc) is 3.14. The second-order valence-electron chi connectivity index (χ2n) is 8.69. The fourth-order valence-corrected chi connectivity index (χ4v) is 4.34. The van der Waals surface area contributed by atoms with Gasteiger partial charge in [0.2, 0.25) is 5.96 Å². The Morgan fingerprint density at radius 2 is 1.90 bits per heavy atom. The third-order valence-electron chi connectivity index (χ3n) is 5.67. The molecular formula is C24H24N4O3. The van der Waals surface area contributed by atoms with Crippen molar-refractivity contribution in [1.82, 2.24) is 10.3 Å². The minimum atomic E-state index is -0.470. The van der Waals surface area contributed by atoms with E-state index in [4.69, 9.17) is 14.1 Å². The molecule has 1 atom stereocenters. The summed E-state index contributed by atoms with van der Waals surface area (Å²) < 4.78 is 11.4. The van der Waals surface area contributed by atoms with E-state index in [1.54, 1.807) is 7.11 Å². The molecule has 1 aliphatic heterocycles. The first-order valence-electron chi connectivity index (χ1n) is 10.3. The molecule has 0 spiro atoms. The van der Waals surface area contributed by atoms with Crippen molar-refractivity contribution in [3.05, 3.63) is 65.4 Å². The van der Waals surface area contributed by atoms with Gasteiger partial charge in [-0.25, -0.2) is 4.99 Å². The summed E-state index contributed by atoms with van der Waals surface area (Å²) in [6.45, 7) is 4.21. The van der Waals surface area contributed by atoms with Crippen molar-refractivity contribution in [3.63, 3.8) is 0 Å². The summed E-state index contributed by atoms with van der Waals surface area (Å²) in [7, 11) is 1.63. The number of para-hydroxylation sites is 3. The predicted molar refractivity (Wildman–Crippen MR) is 119 cm³/mol. The number of nitrogens with zero attached hydrogens (tertiary/aromatic N) is 2. The van der Waals surface area contributed by atoms with Crippen LogP contribution in [-0.2, 0) is 4.79 Å². The Labute approximate surface area is 180 Å². The van der Waals surface area contributed by atoms with Crippen LogP contribution in [0, 0.1) is 5.41 Å². The van der Waals surface area contributed by atoms with Gasteiger partial charge in [-0.2, -0.15) is 4.98 Å². The maximum absolute atomic E-state index is 13.2. The standard InChI is InChI=1S/C24H24N4O3/c1-24(2)12-16-20(17(29)13-24)21(14-8-4-6-10-18(14)30-3)27-22(25-16)28-23-26-15-9-5-7-11-19(15)31-23/h4-11,21H,12-13H2,1-3H3,(H2,25,26,27,28)/t21-/m0/s1. The lowest BCUT2D eigenvalue weighted by molar-refractivity contribution is -0.118. The summed E-state index contributed by atoms with van der Waals surface area (Å²) >= 11 is 0. The van der Waals surface area contributed by atoms with Crippen LogP contribution < -0.4 is 15.4 Å². The van der Waals surface area contributed by atoms with Gasteiger partial charge in [0.15, 0.2) is 11.4 Å². The van der Waals surface area contributed by atoms with Gasteiger partial charge in [-0.05, 0) is 30.0 Å². The number of oxazole rings is 1. The Hall–Kier alpha value is -3.61. The second kappa shape index (κ2) is 7.27. The van der Waals surface area contributed by atoms with Crippen LogP contribution in [0.3, 0.4) is 0 Å². The van der Waals surface area contributed by atoms with Gasteiger partial charge in [-0.15, -0.1) is 0 Å². The summed E-state index contributed by atoms with van der Waals surface area (Å²) in [5, 5.41) is 6.49. The first kappa shape index (κ1) is 19.4. The highest BCUT2D eigenvalue weighted by Crippen LogP contribution is 2.44. The Kier molecular flexibility index (Phi) is 4.54. The summed E-state index contributed by atoms with van der Waals surface area (Å²) in [4.78, 5) is 22.5. The van der Waals surface area contributed by atoms with E-state index in [0.29, 0.717) is 35.3 Å². The van der Waals surface area contributed by atoms with E-state index < -0.39 is 6.04 Å². The molecule has 31 heavy (non-hydrogen) atoms. The zero-order valence-corrected chi connectivity index (χ0v) is 17.7. The van der Waals surface area contributed by atoms with Crippen molar-refractivity contribution in [2.75, 3.05) is 12.4 Å². The molecule has 1 aliphatic carbocycles. The molecule has 0 saturated carbocycles. The highest BCUT2D eigenvalue weighted by atomic mass is 16.5. The summed E-state index contributed by atoms with van der Waals surface area (Å²) in [6, 6.07) is 15.1. The van der Waals surface area contributed by atoms with Gasteiger partial charge in [0.1, 0.15) is 17.3 Å². The summed E-state index contributed by atoms with van der Waals surface area (Å²) in [6.07, 6.45) is 1.23. The van der Waals surface area contributed by atoms with Crippen LogP contribution in [0.4, 0.5) is 6.01 Å². The average molecular weight is 416 g/mol. The van der Waals surface area contributed by atoms with Crippen LogP contribution in [0.1, 0.15) is 38.3 Å². The van der Waals surface area contributed by atoms with E-state index in [9.17, 15) is 4.79 Å². The number of nitrogens with one attached hydrogen (secondary N) is 2. The second-order valence-corrected chi connectivity index (χ2v) is 8.69. The number of methoxy groups -OCH3 is 1. The van der Waals surface area contributed by atoms with Gasteiger partial charge < -0.3 is 14.5 Å². The smallest absolute Gasteiger partial charge is 0.302 e. The monoisotopic (exact) mass is 416 g/mol. The number of rotatable bonds is 3. The number of hydrogen-bond acceptors (Lipinski definition) is 7. The van der Waals surface area contributed by atoms with Crippen LogP contribution in [0.2, 0.25) is 0 Å². The number of allylic oxidation sites excluding steroid dienone is 1. The van der Waals surface area contributed by atoms with E-state index >= 15 is 0 Å². The number of hydrogen-bond donors (Lipinski definition) is 2. The van der Waals surface area contributed by atoms with Crippen molar-refractivity contribution < 1.29 is 13.9 Å². The Morgan fingerprint density at radius 3 is 2.71 bits per heavy atom.